The van der Waals surface area contributed by atoms with Gasteiger partial charge in [0.15, 0.2) is 0 Å². The predicted octanol–water partition coefficient (Wildman–Crippen LogP) is 1.61. The Morgan fingerprint density at radius 1 is 1.41 bits per heavy atom. The average Bonchev–Trinajstić information content (AvgIpc) is 2.91. The second-order valence-corrected chi connectivity index (χ2v) is 4.23. The van der Waals surface area contributed by atoms with Crippen LogP contribution in [0, 0.1) is 0 Å². The highest BCUT2D eigenvalue weighted by Gasteiger charge is 2.30. The second kappa shape index (κ2) is 3.85. The minimum atomic E-state index is 0.275. The molecule has 0 bridgehead atoms. The van der Waals surface area contributed by atoms with Crippen LogP contribution in [-0.2, 0) is 13.0 Å². The number of hydrogen-bond acceptors (Lipinski definition) is 5. The van der Waals surface area contributed by atoms with Crippen LogP contribution in [0.25, 0.3) is 0 Å². The topological polar surface area (TPSA) is 68.2 Å². The van der Waals surface area contributed by atoms with Gasteiger partial charge in [-0.3, -0.25) is 4.90 Å². The van der Waals surface area contributed by atoms with E-state index in [1.54, 1.807) is 0 Å². The number of benzene rings is 1. The van der Waals surface area contributed by atoms with Gasteiger partial charge in [0.05, 0.1) is 6.54 Å². The van der Waals surface area contributed by atoms with E-state index < -0.39 is 0 Å². The SMILES string of the molecule is CC1Cc2ccccc2N1c1nnc(CN)o1. The molecule has 1 unspecified atom stereocenters. The zero-order chi connectivity index (χ0) is 11.8. The molecule has 1 aromatic carbocycles. The number of nitrogens with zero attached hydrogens (tertiary/aromatic N) is 3. The highest BCUT2D eigenvalue weighted by molar-refractivity contribution is 5.65. The van der Waals surface area contributed by atoms with Crippen molar-refractivity contribution < 1.29 is 4.42 Å². The summed E-state index contributed by atoms with van der Waals surface area (Å²) in [6.45, 7) is 2.42. The van der Waals surface area contributed by atoms with Crippen molar-refractivity contribution in [2.45, 2.75) is 25.9 Å². The number of rotatable bonds is 2. The van der Waals surface area contributed by atoms with Crippen molar-refractivity contribution in [2.75, 3.05) is 4.90 Å². The summed E-state index contributed by atoms with van der Waals surface area (Å²) in [4.78, 5) is 2.07. The summed E-state index contributed by atoms with van der Waals surface area (Å²) >= 11 is 0. The van der Waals surface area contributed by atoms with E-state index in [0.29, 0.717) is 17.9 Å². The van der Waals surface area contributed by atoms with E-state index in [1.807, 2.05) is 12.1 Å². The molecular weight excluding hydrogens is 216 g/mol. The number of fused-ring (bicyclic) bond motifs is 1. The zero-order valence-electron chi connectivity index (χ0n) is 9.63. The molecule has 0 fully saturated rings. The molecule has 1 aromatic heterocycles. The van der Waals surface area contributed by atoms with Gasteiger partial charge in [0.1, 0.15) is 0 Å². The van der Waals surface area contributed by atoms with Crippen LogP contribution in [0.5, 0.6) is 0 Å². The van der Waals surface area contributed by atoms with Crippen molar-refractivity contribution in [1.82, 2.24) is 10.2 Å². The van der Waals surface area contributed by atoms with Crippen molar-refractivity contribution in [3.8, 4) is 0 Å². The van der Waals surface area contributed by atoms with E-state index in [-0.39, 0.29) is 6.54 Å². The molecule has 1 atom stereocenters. The van der Waals surface area contributed by atoms with E-state index in [0.717, 1.165) is 12.1 Å². The van der Waals surface area contributed by atoms with Crippen molar-refractivity contribution in [3.05, 3.63) is 35.7 Å². The van der Waals surface area contributed by atoms with Crippen LogP contribution in [0.2, 0.25) is 0 Å². The maximum Gasteiger partial charge on any atom is 0.323 e. The average molecular weight is 230 g/mol. The van der Waals surface area contributed by atoms with Crippen LogP contribution in [-0.4, -0.2) is 16.2 Å². The monoisotopic (exact) mass is 230 g/mol. The molecule has 0 saturated carbocycles. The first-order valence-corrected chi connectivity index (χ1v) is 5.69. The molecule has 2 N–H and O–H groups in total. The van der Waals surface area contributed by atoms with E-state index in [4.69, 9.17) is 10.2 Å². The lowest BCUT2D eigenvalue weighted by Gasteiger charge is -2.19. The molecule has 2 heterocycles. The quantitative estimate of drug-likeness (QED) is 0.848. The van der Waals surface area contributed by atoms with Crippen LogP contribution >= 0.6 is 0 Å². The summed E-state index contributed by atoms with van der Waals surface area (Å²) < 4.78 is 5.52. The molecular formula is C12H14N4O. The molecule has 0 amide bonds. The Balaban J connectivity index is 2.03. The van der Waals surface area contributed by atoms with Gasteiger partial charge in [-0.05, 0) is 25.0 Å². The van der Waals surface area contributed by atoms with E-state index in [1.165, 1.54) is 5.56 Å². The number of hydrogen-bond donors (Lipinski definition) is 1. The summed E-state index contributed by atoms with van der Waals surface area (Å²) in [6.07, 6.45) is 0.997. The lowest BCUT2D eigenvalue weighted by molar-refractivity contribution is 0.489. The Hall–Kier alpha value is -1.88. The van der Waals surface area contributed by atoms with Crippen LogP contribution in [0.3, 0.4) is 0 Å². The standard InChI is InChI=1S/C12H14N4O/c1-8-6-9-4-2-3-5-10(9)16(8)12-15-14-11(7-13)17-12/h2-5,8H,6-7,13H2,1H3. The maximum atomic E-state index is 5.52. The molecule has 0 aliphatic carbocycles. The number of aromatic nitrogens is 2. The van der Waals surface area contributed by atoms with Gasteiger partial charge in [0.25, 0.3) is 0 Å². The summed E-state index contributed by atoms with van der Waals surface area (Å²) in [5, 5.41) is 7.95. The molecule has 1 aliphatic rings. The van der Waals surface area contributed by atoms with Crippen molar-refractivity contribution in [1.29, 1.82) is 0 Å². The summed E-state index contributed by atoms with van der Waals surface area (Å²) in [7, 11) is 0. The highest BCUT2D eigenvalue weighted by Crippen LogP contribution is 2.37. The van der Waals surface area contributed by atoms with Crippen LogP contribution in [0.15, 0.2) is 28.7 Å². The fourth-order valence-corrected chi connectivity index (χ4v) is 2.28. The molecule has 3 rings (SSSR count). The Morgan fingerprint density at radius 3 is 3.00 bits per heavy atom. The first-order valence-electron chi connectivity index (χ1n) is 5.69. The second-order valence-electron chi connectivity index (χ2n) is 4.23. The summed E-state index contributed by atoms with van der Waals surface area (Å²) in [5.74, 6) is 0.469. The largest absolute Gasteiger partial charge is 0.406 e. The molecule has 0 radical (unpaired) electrons. The van der Waals surface area contributed by atoms with Gasteiger partial charge < -0.3 is 10.2 Å². The third-order valence-electron chi connectivity index (χ3n) is 3.04. The van der Waals surface area contributed by atoms with Crippen molar-refractivity contribution in [2.24, 2.45) is 5.73 Å². The molecule has 1 aliphatic heterocycles. The van der Waals surface area contributed by atoms with Crippen LogP contribution in [0.1, 0.15) is 18.4 Å². The van der Waals surface area contributed by atoms with Gasteiger partial charge in [-0.2, -0.15) is 0 Å². The highest BCUT2D eigenvalue weighted by atomic mass is 16.4. The first-order chi connectivity index (χ1) is 8.29. The molecule has 5 heteroatoms. The summed E-state index contributed by atoms with van der Waals surface area (Å²) in [6, 6.07) is 9.14. The molecule has 17 heavy (non-hydrogen) atoms. The van der Waals surface area contributed by atoms with Gasteiger partial charge in [-0.15, -0.1) is 5.10 Å². The van der Waals surface area contributed by atoms with Gasteiger partial charge in [-0.1, -0.05) is 23.3 Å². The van der Waals surface area contributed by atoms with Gasteiger partial charge in [0, 0.05) is 11.7 Å². The van der Waals surface area contributed by atoms with Crippen LogP contribution in [0.4, 0.5) is 11.7 Å². The van der Waals surface area contributed by atoms with E-state index in [2.05, 4.69) is 34.2 Å². The Morgan fingerprint density at radius 2 is 2.24 bits per heavy atom. The number of para-hydroxylation sites is 1. The third kappa shape index (κ3) is 1.59. The van der Waals surface area contributed by atoms with Crippen molar-refractivity contribution in [3.63, 3.8) is 0 Å². The Kier molecular flexibility index (Phi) is 2.33. The third-order valence-corrected chi connectivity index (χ3v) is 3.04. The lowest BCUT2D eigenvalue weighted by Crippen LogP contribution is -2.24. The molecule has 88 valence electrons. The minimum Gasteiger partial charge on any atom is -0.406 e. The first kappa shape index (κ1) is 10.3. The summed E-state index contributed by atoms with van der Waals surface area (Å²) in [5.41, 5.74) is 7.93. The van der Waals surface area contributed by atoms with E-state index >= 15 is 0 Å². The van der Waals surface area contributed by atoms with Gasteiger partial charge in [-0.25, -0.2) is 0 Å². The van der Waals surface area contributed by atoms with Crippen molar-refractivity contribution >= 4 is 11.7 Å². The van der Waals surface area contributed by atoms with E-state index in [9.17, 15) is 0 Å². The number of anilines is 2. The number of nitrogens with two attached hydrogens (primary N) is 1. The Labute approximate surface area is 99.2 Å². The van der Waals surface area contributed by atoms with Gasteiger partial charge in [0.2, 0.25) is 5.89 Å². The Bertz CT molecular complexity index is 537. The fraction of sp³-hybridized carbons (Fsp3) is 0.333. The molecule has 0 spiro atoms. The smallest absolute Gasteiger partial charge is 0.323 e. The zero-order valence-corrected chi connectivity index (χ0v) is 9.63. The minimum absolute atomic E-state index is 0.275. The molecule has 5 nitrogen and oxygen atoms in total. The predicted molar refractivity (Wildman–Crippen MR) is 63.9 cm³/mol. The fourth-order valence-electron chi connectivity index (χ4n) is 2.28. The molecule has 0 saturated heterocycles. The molecule has 2 aromatic rings. The van der Waals surface area contributed by atoms with Crippen LogP contribution < -0.4 is 10.6 Å². The lowest BCUT2D eigenvalue weighted by atomic mass is 10.1. The van der Waals surface area contributed by atoms with Gasteiger partial charge >= 0.3 is 6.01 Å². The normalized spacial score (nSPS) is 18.5. The maximum absolute atomic E-state index is 5.52.